The molecule has 1 nitrogen and oxygen atoms in total. The highest BCUT2D eigenvalue weighted by molar-refractivity contribution is 7.18. The van der Waals surface area contributed by atoms with Crippen LogP contribution in [0.5, 0.6) is 0 Å². The van der Waals surface area contributed by atoms with Gasteiger partial charge in [-0.15, -0.1) is 0 Å². The SMILES string of the molecule is Cc1cc2c(sc(C)[n+]2C)c(C)c1C. The van der Waals surface area contributed by atoms with E-state index >= 15 is 0 Å². The van der Waals surface area contributed by atoms with Crippen molar-refractivity contribution in [3.63, 3.8) is 0 Å². The summed E-state index contributed by atoms with van der Waals surface area (Å²) in [5.41, 5.74) is 5.63. The van der Waals surface area contributed by atoms with E-state index in [0.29, 0.717) is 0 Å². The Morgan fingerprint density at radius 2 is 1.71 bits per heavy atom. The summed E-state index contributed by atoms with van der Waals surface area (Å²) in [5, 5.41) is 1.37. The molecule has 1 aromatic carbocycles. The Morgan fingerprint density at radius 1 is 1.07 bits per heavy atom. The average Bonchev–Trinajstić information content (AvgIpc) is 2.42. The second kappa shape index (κ2) is 3.06. The Hall–Kier alpha value is -0.890. The molecule has 0 saturated carbocycles. The van der Waals surface area contributed by atoms with Crippen LogP contribution < -0.4 is 4.57 Å². The summed E-state index contributed by atoms with van der Waals surface area (Å²) in [7, 11) is 2.14. The molecule has 0 bridgehead atoms. The van der Waals surface area contributed by atoms with E-state index in [1.54, 1.807) is 0 Å². The molecule has 0 amide bonds. The molecule has 0 fully saturated rings. The standard InChI is InChI=1S/C12H16NS/c1-7-6-11-12(9(3)8(7)2)14-10(4)13(11)5/h6H,1-5H3/q+1. The van der Waals surface area contributed by atoms with E-state index in [1.165, 1.54) is 31.9 Å². The number of hydrogen-bond acceptors (Lipinski definition) is 1. The molecule has 0 aliphatic carbocycles. The van der Waals surface area contributed by atoms with Crippen LogP contribution in [0.3, 0.4) is 0 Å². The van der Waals surface area contributed by atoms with Gasteiger partial charge in [0.2, 0.25) is 10.5 Å². The zero-order valence-corrected chi connectivity index (χ0v) is 10.2. The third-order valence-corrected chi connectivity index (χ3v) is 4.45. The number of thiazole rings is 1. The van der Waals surface area contributed by atoms with Gasteiger partial charge in [-0.3, -0.25) is 0 Å². The number of aromatic nitrogens is 1. The maximum atomic E-state index is 2.29. The Bertz CT molecular complexity index is 509. The van der Waals surface area contributed by atoms with Gasteiger partial charge in [-0.25, -0.2) is 0 Å². The highest BCUT2D eigenvalue weighted by Crippen LogP contribution is 2.27. The Balaban J connectivity index is 2.98. The van der Waals surface area contributed by atoms with Crippen LogP contribution in [0.1, 0.15) is 21.7 Å². The van der Waals surface area contributed by atoms with Gasteiger partial charge in [0, 0.05) is 13.0 Å². The van der Waals surface area contributed by atoms with E-state index in [4.69, 9.17) is 0 Å². The minimum absolute atomic E-state index is 1.37. The molecule has 2 rings (SSSR count). The molecular formula is C12H16NS+. The van der Waals surface area contributed by atoms with Gasteiger partial charge in [-0.1, -0.05) is 11.3 Å². The Kier molecular flexibility index (Phi) is 2.11. The smallest absolute Gasteiger partial charge is 0.189 e. The summed E-state index contributed by atoms with van der Waals surface area (Å²) in [6.45, 7) is 8.79. The van der Waals surface area contributed by atoms with Gasteiger partial charge in [-0.2, -0.15) is 4.57 Å². The molecule has 0 saturated heterocycles. The monoisotopic (exact) mass is 206 g/mol. The van der Waals surface area contributed by atoms with Gasteiger partial charge >= 0.3 is 0 Å². The summed E-state index contributed by atoms with van der Waals surface area (Å²) in [5.74, 6) is 0. The highest BCUT2D eigenvalue weighted by Gasteiger charge is 2.16. The Morgan fingerprint density at radius 3 is 2.36 bits per heavy atom. The van der Waals surface area contributed by atoms with E-state index in [9.17, 15) is 0 Å². The number of benzene rings is 1. The molecule has 0 aliphatic heterocycles. The van der Waals surface area contributed by atoms with Crippen LogP contribution in [0.4, 0.5) is 0 Å². The van der Waals surface area contributed by atoms with E-state index in [1.807, 2.05) is 11.3 Å². The van der Waals surface area contributed by atoms with Crippen molar-refractivity contribution in [3.05, 3.63) is 27.8 Å². The summed E-state index contributed by atoms with van der Waals surface area (Å²) in [4.78, 5) is 0. The van der Waals surface area contributed by atoms with Crippen LogP contribution in [0.2, 0.25) is 0 Å². The fourth-order valence-corrected chi connectivity index (χ4v) is 2.94. The zero-order valence-electron chi connectivity index (χ0n) is 9.43. The Labute approximate surface area is 89.0 Å². The first-order valence-electron chi connectivity index (χ1n) is 4.88. The normalized spacial score (nSPS) is 11.2. The van der Waals surface area contributed by atoms with Crippen molar-refractivity contribution in [3.8, 4) is 0 Å². The lowest BCUT2D eigenvalue weighted by Crippen LogP contribution is -2.28. The molecule has 0 unspecified atom stereocenters. The predicted molar refractivity (Wildman–Crippen MR) is 61.9 cm³/mol. The summed E-state index contributed by atoms with van der Waals surface area (Å²) < 4.78 is 3.72. The molecule has 1 heterocycles. The van der Waals surface area contributed by atoms with Crippen LogP contribution in [-0.4, -0.2) is 0 Å². The fraction of sp³-hybridized carbons (Fsp3) is 0.417. The van der Waals surface area contributed by atoms with Crippen molar-refractivity contribution in [2.45, 2.75) is 27.7 Å². The molecule has 74 valence electrons. The number of aryl methyl sites for hydroxylation is 4. The van der Waals surface area contributed by atoms with Gasteiger partial charge in [-0.05, 0) is 37.5 Å². The third-order valence-electron chi connectivity index (χ3n) is 3.16. The third kappa shape index (κ3) is 1.17. The first-order chi connectivity index (χ1) is 6.52. The molecule has 1 aromatic heterocycles. The van der Waals surface area contributed by atoms with Gasteiger partial charge < -0.3 is 0 Å². The first kappa shape index (κ1) is 9.66. The van der Waals surface area contributed by atoms with Crippen LogP contribution in [-0.2, 0) is 7.05 Å². The number of hydrogen-bond donors (Lipinski definition) is 0. The van der Waals surface area contributed by atoms with Gasteiger partial charge in [0.15, 0.2) is 0 Å². The number of nitrogens with zero attached hydrogens (tertiary/aromatic N) is 1. The molecule has 0 spiro atoms. The lowest BCUT2D eigenvalue weighted by molar-refractivity contribution is -0.646. The van der Waals surface area contributed by atoms with E-state index in [0.717, 1.165) is 0 Å². The molecule has 0 N–H and O–H groups in total. The summed E-state index contributed by atoms with van der Waals surface area (Å²) in [6.07, 6.45) is 0. The molecular weight excluding hydrogens is 190 g/mol. The second-order valence-electron chi connectivity index (χ2n) is 3.97. The van der Waals surface area contributed by atoms with Crippen molar-refractivity contribution in [1.29, 1.82) is 0 Å². The van der Waals surface area contributed by atoms with Crippen molar-refractivity contribution in [1.82, 2.24) is 0 Å². The maximum absolute atomic E-state index is 2.29. The van der Waals surface area contributed by atoms with Gasteiger partial charge in [0.1, 0.15) is 11.7 Å². The average molecular weight is 206 g/mol. The second-order valence-corrected chi connectivity index (χ2v) is 5.18. The van der Waals surface area contributed by atoms with Crippen LogP contribution in [0.15, 0.2) is 6.07 Å². The molecule has 0 atom stereocenters. The minimum atomic E-state index is 1.37. The van der Waals surface area contributed by atoms with Crippen molar-refractivity contribution in [2.75, 3.05) is 0 Å². The highest BCUT2D eigenvalue weighted by atomic mass is 32.1. The zero-order chi connectivity index (χ0) is 10.5. The summed E-state index contributed by atoms with van der Waals surface area (Å²) >= 11 is 1.89. The maximum Gasteiger partial charge on any atom is 0.234 e. The molecule has 0 radical (unpaired) electrons. The van der Waals surface area contributed by atoms with Gasteiger partial charge in [0.25, 0.3) is 0 Å². The van der Waals surface area contributed by atoms with Crippen molar-refractivity contribution in [2.24, 2.45) is 7.05 Å². The number of rotatable bonds is 0. The van der Waals surface area contributed by atoms with Crippen molar-refractivity contribution < 1.29 is 4.57 Å². The fourth-order valence-electron chi connectivity index (χ4n) is 1.80. The lowest BCUT2D eigenvalue weighted by Gasteiger charge is -2.02. The molecule has 0 aliphatic rings. The van der Waals surface area contributed by atoms with Crippen LogP contribution in [0.25, 0.3) is 10.2 Å². The van der Waals surface area contributed by atoms with Crippen LogP contribution >= 0.6 is 11.3 Å². The minimum Gasteiger partial charge on any atom is -0.189 e. The predicted octanol–water partition coefficient (Wildman–Crippen LogP) is 2.96. The van der Waals surface area contributed by atoms with Crippen LogP contribution in [0, 0.1) is 27.7 Å². The van der Waals surface area contributed by atoms with E-state index < -0.39 is 0 Å². The largest absolute Gasteiger partial charge is 0.234 e. The molecule has 14 heavy (non-hydrogen) atoms. The van der Waals surface area contributed by atoms with Crippen molar-refractivity contribution >= 4 is 21.6 Å². The van der Waals surface area contributed by atoms with Gasteiger partial charge in [0.05, 0.1) is 0 Å². The molecule has 2 heteroatoms. The number of fused-ring (bicyclic) bond motifs is 1. The molecule has 2 aromatic rings. The van der Waals surface area contributed by atoms with E-state index in [2.05, 4.69) is 45.4 Å². The van der Waals surface area contributed by atoms with E-state index in [-0.39, 0.29) is 0 Å². The first-order valence-corrected chi connectivity index (χ1v) is 5.70. The topological polar surface area (TPSA) is 3.88 Å². The summed E-state index contributed by atoms with van der Waals surface area (Å²) in [6, 6.07) is 2.29. The quantitative estimate of drug-likeness (QED) is 0.583. The lowest BCUT2D eigenvalue weighted by atomic mass is 10.0.